The van der Waals surface area contributed by atoms with E-state index in [4.69, 9.17) is 25.5 Å². The Morgan fingerprint density at radius 1 is 0.970 bits per heavy atom. The Hall–Kier alpha value is -3.29. The third kappa shape index (κ3) is 3.31. The van der Waals surface area contributed by atoms with E-state index < -0.39 is 6.04 Å². The molecule has 4 aromatic rings. The highest BCUT2D eigenvalue weighted by Gasteiger charge is 2.42. The summed E-state index contributed by atoms with van der Waals surface area (Å²) in [7, 11) is 0. The van der Waals surface area contributed by atoms with Crippen LogP contribution in [0.25, 0.3) is 11.0 Å². The summed E-state index contributed by atoms with van der Waals surface area (Å²) in [6, 6.07) is 17.3. The van der Waals surface area contributed by atoms with Gasteiger partial charge in [-0.05, 0) is 53.6 Å². The van der Waals surface area contributed by atoms with Gasteiger partial charge in [0.15, 0.2) is 16.9 Å². The minimum Gasteiger partial charge on any atom is -0.454 e. The Bertz CT molecular complexity index is 1500. The Morgan fingerprint density at radius 3 is 2.58 bits per heavy atom. The topological polar surface area (TPSA) is 69.0 Å². The number of amides is 1. The highest BCUT2D eigenvalue weighted by molar-refractivity contribution is 9.10. The van der Waals surface area contributed by atoms with Crippen LogP contribution < -0.4 is 14.9 Å². The van der Waals surface area contributed by atoms with Gasteiger partial charge >= 0.3 is 0 Å². The number of rotatable bonds is 3. The summed E-state index contributed by atoms with van der Waals surface area (Å²) in [5.74, 6) is 1.01. The van der Waals surface area contributed by atoms with E-state index in [1.165, 1.54) is 0 Å². The SMILES string of the molecule is O=C1c2oc3ccc(Cl)cc3c(=O)c2C(c2ccc(Br)cc2)N1Cc1ccc2c(c1)OCO2. The Balaban J connectivity index is 1.52. The molecule has 0 aliphatic carbocycles. The zero-order valence-electron chi connectivity index (χ0n) is 17.0. The zero-order valence-corrected chi connectivity index (χ0v) is 19.4. The van der Waals surface area contributed by atoms with E-state index >= 15 is 0 Å². The Morgan fingerprint density at radius 2 is 1.76 bits per heavy atom. The van der Waals surface area contributed by atoms with Gasteiger partial charge in [-0.2, -0.15) is 0 Å². The molecule has 1 aromatic heterocycles. The normalized spacial score (nSPS) is 16.5. The van der Waals surface area contributed by atoms with Gasteiger partial charge in [0.1, 0.15) is 5.58 Å². The molecule has 3 aromatic carbocycles. The van der Waals surface area contributed by atoms with Crippen molar-refractivity contribution in [3.05, 3.63) is 103 Å². The number of hydrogen-bond donors (Lipinski definition) is 0. The van der Waals surface area contributed by atoms with Crippen molar-refractivity contribution >= 4 is 44.4 Å². The lowest BCUT2D eigenvalue weighted by Gasteiger charge is -2.25. The first-order valence-electron chi connectivity index (χ1n) is 10.2. The maximum Gasteiger partial charge on any atom is 0.291 e. The van der Waals surface area contributed by atoms with Crippen LogP contribution in [0, 0.1) is 0 Å². The van der Waals surface area contributed by atoms with Crippen molar-refractivity contribution in [2.45, 2.75) is 12.6 Å². The van der Waals surface area contributed by atoms with E-state index in [9.17, 15) is 9.59 Å². The molecule has 0 N–H and O–H groups in total. The zero-order chi connectivity index (χ0) is 22.7. The van der Waals surface area contributed by atoms with Crippen LogP contribution in [-0.2, 0) is 6.54 Å². The van der Waals surface area contributed by atoms with Crippen LogP contribution in [0.5, 0.6) is 11.5 Å². The van der Waals surface area contributed by atoms with Gasteiger partial charge in [-0.15, -0.1) is 0 Å². The minimum absolute atomic E-state index is 0.0588. The average Bonchev–Trinajstić information content (AvgIpc) is 3.38. The van der Waals surface area contributed by atoms with Crippen molar-refractivity contribution in [1.82, 2.24) is 4.90 Å². The predicted octanol–water partition coefficient (Wildman–Crippen LogP) is 5.68. The minimum atomic E-state index is -0.606. The Labute approximate surface area is 201 Å². The van der Waals surface area contributed by atoms with Crippen molar-refractivity contribution in [2.24, 2.45) is 0 Å². The van der Waals surface area contributed by atoms with E-state index in [-0.39, 0.29) is 30.4 Å². The maximum atomic E-state index is 13.6. The predicted molar refractivity (Wildman–Crippen MR) is 126 cm³/mol. The first-order valence-corrected chi connectivity index (χ1v) is 11.4. The molecular formula is C25H15BrClNO5. The number of carbonyl (C=O) groups is 1. The molecule has 2 aliphatic heterocycles. The molecule has 0 fully saturated rings. The summed E-state index contributed by atoms with van der Waals surface area (Å²) in [5, 5.41) is 0.776. The third-order valence-electron chi connectivity index (χ3n) is 5.90. The molecule has 0 bridgehead atoms. The van der Waals surface area contributed by atoms with Crippen molar-refractivity contribution in [3.63, 3.8) is 0 Å². The molecule has 33 heavy (non-hydrogen) atoms. The fraction of sp³-hybridized carbons (Fsp3) is 0.120. The van der Waals surface area contributed by atoms with Crippen LogP contribution in [-0.4, -0.2) is 17.6 Å². The fourth-order valence-electron chi connectivity index (χ4n) is 4.38. The number of benzene rings is 3. The van der Waals surface area contributed by atoms with Crippen LogP contribution in [0.4, 0.5) is 0 Å². The standard InChI is InChI=1S/C25H15BrClNO5/c26-15-4-2-14(3-5-15)22-21-23(29)17-10-16(27)6-8-18(17)33-24(21)25(30)28(22)11-13-1-7-19-20(9-13)32-12-31-19/h1-10,22H,11-12H2. The number of halogens is 2. The van der Waals surface area contributed by atoms with Gasteiger partial charge in [-0.25, -0.2) is 0 Å². The molecular weight excluding hydrogens is 510 g/mol. The number of ether oxygens (including phenoxy) is 2. The summed E-state index contributed by atoms with van der Waals surface area (Å²) >= 11 is 9.59. The van der Waals surface area contributed by atoms with E-state index in [0.29, 0.717) is 33.1 Å². The second kappa shape index (κ2) is 7.64. The molecule has 8 heteroatoms. The second-order valence-electron chi connectivity index (χ2n) is 7.89. The van der Waals surface area contributed by atoms with Gasteiger partial charge < -0.3 is 18.8 Å². The van der Waals surface area contributed by atoms with E-state index in [1.54, 1.807) is 23.1 Å². The van der Waals surface area contributed by atoms with E-state index in [1.807, 2.05) is 42.5 Å². The summed E-state index contributed by atoms with van der Waals surface area (Å²) < 4.78 is 17.7. The molecule has 1 atom stereocenters. The van der Waals surface area contributed by atoms with Gasteiger partial charge in [-0.3, -0.25) is 9.59 Å². The third-order valence-corrected chi connectivity index (χ3v) is 6.67. The molecule has 0 spiro atoms. The number of nitrogens with zero attached hydrogens (tertiary/aromatic N) is 1. The molecule has 1 unspecified atom stereocenters. The lowest BCUT2D eigenvalue weighted by Crippen LogP contribution is -2.29. The molecule has 0 saturated heterocycles. The highest BCUT2D eigenvalue weighted by Crippen LogP contribution is 2.40. The highest BCUT2D eigenvalue weighted by atomic mass is 79.9. The van der Waals surface area contributed by atoms with Crippen molar-refractivity contribution in [1.29, 1.82) is 0 Å². The van der Waals surface area contributed by atoms with Gasteiger partial charge in [-0.1, -0.05) is 45.7 Å². The smallest absolute Gasteiger partial charge is 0.291 e. The summed E-state index contributed by atoms with van der Waals surface area (Å²) in [4.78, 5) is 28.8. The summed E-state index contributed by atoms with van der Waals surface area (Å²) in [5.41, 5.74) is 2.04. The summed E-state index contributed by atoms with van der Waals surface area (Å²) in [6.07, 6.45) is 0. The molecule has 0 saturated carbocycles. The van der Waals surface area contributed by atoms with Gasteiger partial charge in [0.05, 0.1) is 17.0 Å². The first-order chi connectivity index (χ1) is 16.0. The largest absolute Gasteiger partial charge is 0.454 e. The quantitative estimate of drug-likeness (QED) is 0.345. The van der Waals surface area contributed by atoms with Crippen LogP contribution in [0.2, 0.25) is 5.02 Å². The molecule has 6 rings (SSSR count). The molecule has 1 amide bonds. The lowest BCUT2D eigenvalue weighted by atomic mass is 9.98. The van der Waals surface area contributed by atoms with Crippen LogP contribution in [0.3, 0.4) is 0 Å². The van der Waals surface area contributed by atoms with Crippen LogP contribution in [0.1, 0.15) is 33.3 Å². The van der Waals surface area contributed by atoms with E-state index in [0.717, 1.165) is 15.6 Å². The lowest BCUT2D eigenvalue weighted by molar-refractivity contribution is 0.0714. The maximum absolute atomic E-state index is 13.6. The van der Waals surface area contributed by atoms with Gasteiger partial charge in [0.25, 0.3) is 5.91 Å². The number of fused-ring (bicyclic) bond motifs is 3. The average molecular weight is 525 g/mol. The van der Waals surface area contributed by atoms with Crippen molar-refractivity contribution in [2.75, 3.05) is 6.79 Å². The summed E-state index contributed by atoms with van der Waals surface area (Å²) in [6.45, 7) is 0.429. The van der Waals surface area contributed by atoms with Crippen molar-refractivity contribution < 1.29 is 18.7 Å². The van der Waals surface area contributed by atoms with Gasteiger partial charge in [0, 0.05) is 16.0 Å². The second-order valence-corrected chi connectivity index (χ2v) is 9.24. The molecule has 6 nitrogen and oxygen atoms in total. The molecule has 0 radical (unpaired) electrons. The number of carbonyl (C=O) groups excluding carboxylic acids is 1. The Kier molecular flexibility index (Phi) is 4.71. The fourth-order valence-corrected chi connectivity index (χ4v) is 4.82. The van der Waals surface area contributed by atoms with E-state index in [2.05, 4.69) is 15.9 Å². The molecule has 164 valence electrons. The molecule has 3 heterocycles. The number of hydrogen-bond acceptors (Lipinski definition) is 5. The van der Waals surface area contributed by atoms with Crippen molar-refractivity contribution in [3.8, 4) is 11.5 Å². The van der Waals surface area contributed by atoms with Crippen LogP contribution >= 0.6 is 27.5 Å². The van der Waals surface area contributed by atoms with Gasteiger partial charge in [0.2, 0.25) is 12.6 Å². The molecule has 2 aliphatic rings. The monoisotopic (exact) mass is 523 g/mol. The van der Waals surface area contributed by atoms with Crippen LogP contribution in [0.15, 0.2) is 74.3 Å². The first kappa shape index (κ1) is 20.3.